The number of hydrogen-bond donors (Lipinski definition) is 3. The predicted molar refractivity (Wildman–Crippen MR) is 107 cm³/mol. The van der Waals surface area contributed by atoms with Crippen molar-refractivity contribution in [1.82, 2.24) is 5.32 Å². The summed E-state index contributed by atoms with van der Waals surface area (Å²) in [6.07, 6.45) is 0. The van der Waals surface area contributed by atoms with Gasteiger partial charge in [0.25, 0.3) is 11.8 Å². The standard InChI is InChI=1S/C16H16BrN3O3S2/c1-7-8(2)25-15(12(7)13(18)21)20-16(24)19-14(22)9-4-5-11(23-3)10(17)6-9/h4-6H,1-3H3,(H2,18,21)(H2,19,20,22,24). The van der Waals surface area contributed by atoms with Gasteiger partial charge in [0, 0.05) is 10.4 Å². The Bertz CT molecular complexity index is 865. The van der Waals surface area contributed by atoms with Crippen molar-refractivity contribution in [3.8, 4) is 5.75 Å². The second-order valence-electron chi connectivity index (χ2n) is 5.11. The number of carbonyl (C=O) groups is 2. The van der Waals surface area contributed by atoms with Crippen LogP contribution < -0.4 is 21.1 Å². The van der Waals surface area contributed by atoms with Crippen LogP contribution in [0.25, 0.3) is 0 Å². The maximum Gasteiger partial charge on any atom is 0.257 e. The molecule has 132 valence electrons. The molecule has 2 aromatic rings. The highest BCUT2D eigenvalue weighted by atomic mass is 79.9. The van der Waals surface area contributed by atoms with Gasteiger partial charge in [-0.05, 0) is 65.8 Å². The van der Waals surface area contributed by atoms with Crippen molar-refractivity contribution in [2.75, 3.05) is 12.4 Å². The number of anilines is 1. The molecule has 0 bridgehead atoms. The van der Waals surface area contributed by atoms with E-state index in [0.717, 1.165) is 10.4 Å². The van der Waals surface area contributed by atoms with Crippen LogP contribution in [0.2, 0.25) is 0 Å². The molecule has 0 unspecified atom stereocenters. The fraction of sp³-hybridized carbons (Fsp3) is 0.188. The highest BCUT2D eigenvalue weighted by molar-refractivity contribution is 9.10. The van der Waals surface area contributed by atoms with Crippen LogP contribution in [0.15, 0.2) is 22.7 Å². The molecule has 0 aliphatic heterocycles. The monoisotopic (exact) mass is 441 g/mol. The van der Waals surface area contributed by atoms with Crippen LogP contribution in [0.5, 0.6) is 5.75 Å². The Morgan fingerprint density at radius 2 is 2.00 bits per heavy atom. The van der Waals surface area contributed by atoms with E-state index in [0.29, 0.717) is 26.4 Å². The Labute approximate surface area is 162 Å². The number of ether oxygens (including phenoxy) is 1. The number of primary amides is 1. The number of aryl methyl sites for hydroxylation is 1. The molecule has 0 atom stereocenters. The maximum atomic E-state index is 12.3. The topological polar surface area (TPSA) is 93.4 Å². The number of nitrogens with two attached hydrogens (primary N) is 1. The number of halogens is 1. The van der Waals surface area contributed by atoms with E-state index in [2.05, 4.69) is 26.6 Å². The van der Waals surface area contributed by atoms with Gasteiger partial charge >= 0.3 is 0 Å². The lowest BCUT2D eigenvalue weighted by atomic mass is 10.1. The summed E-state index contributed by atoms with van der Waals surface area (Å²) < 4.78 is 5.78. The van der Waals surface area contributed by atoms with Crippen molar-refractivity contribution < 1.29 is 14.3 Å². The third-order valence-electron chi connectivity index (χ3n) is 3.50. The molecule has 0 aliphatic rings. The molecule has 0 spiro atoms. The van der Waals surface area contributed by atoms with E-state index >= 15 is 0 Å². The van der Waals surface area contributed by atoms with Crippen molar-refractivity contribution >= 4 is 61.4 Å². The number of nitrogens with one attached hydrogen (secondary N) is 2. The van der Waals surface area contributed by atoms with Crippen LogP contribution in [-0.4, -0.2) is 24.0 Å². The first-order valence-electron chi connectivity index (χ1n) is 7.10. The summed E-state index contributed by atoms with van der Waals surface area (Å²) in [6, 6.07) is 4.92. The zero-order chi connectivity index (χ0) is 18.7. The molecule has 0 aliphatic carbocycles. The lowest BCUT2D eigenvalue weighted by Gasteiger charge is -2.10. The number of thiophene rings is 1. The molecule has 0 radical (unpaired) electrons. The molecule has 1 heterocycles. The molecule has 2 amide bonds. The Hall–Kier alpha value is -1.97. The van der Waals surface area contributed by atoms with Gasteiger partial charge < -0.3 is 15.8 Å². The average molecular weight is 442 g/mol. The third-order valence-corrected chi connectivity index (χ3v) is 5.45. The molecular weight excluding hydrogens is 426 g/mol. The number of amides is 2. The zero-order valence-corrected chi connectivity index (χ0v) is 16.9. The SMILES string of the molecule is COc1ccc(C(=O)NC(=S)Nc2sc(C)c(C)c2C(N)=O)cc1Br. The Kier molecular flexibility index (Phi) is 6.15. The van der Waals surface area contributed by atoms with Gasteiger partial charge in [-0.3, -0.25) is 14.9 Å². The first-order valence-corrected chi connectivity index (χ1v) is 9.12. The van der Waals surface area contributed by atoms with E-state index in [1.807, 2.05) is 13.8 Å². The minimum Gasteiger partial charge on any atom is -0.496 e. The van der Waals surface area contributed by atoms with Gasteiger partial charge in [0.2, 0.25) is 0 Å². The second kappa shape index (κ2) is 7.94. The number of benzene rings is 1. The molecule has 4 N–H and O–H groups in total. The van der Waals surface area contributed by atoms with E-state index in [9.17, 15) is 9.59 Å². The van der Waals surface area contributed by atoms with Crippen LogP contribution in [0.1, 0.15) is 31.2 Å². The van der Waals surface area contributed by atoms with Crippen LogP contribution in [-0.2, 0) is 0 Å². The molecule has 0 saturated heterocycles. The minimum absolute atomic E-state index is 0.0840. The largest absolute Gasteiger partial charge is 0.496 e. The number of thiocarbonyl (C=S) groups is 1. The van der Waals surface area contributed by atoms with Gasteiger partial charge in [-0.15, -0.1) is 11.3 Å². The summed E-state index contributed by atoms with van der Waals surface area (Å²) in [6.45, 7) is 3.70. The normalized spacial score (nSPS) is 10.2. The van der Waals surface area contributed by atoms with Crippen molar-refractivity contribution in [2.45, 2.75) is 13.8 Å². The lowest BCUT2D eigenvalue weighted by molar-refractivity contribution is 0.0975. The summed E-state index contributed by atoms with van der Waals surface area (Å²) in [5.74, 6) is -0.308. The fourth-order valence-electron chi connectivity index (χ4n) is 2.13. The number of rotatable bonds is 4. The van der Waals surface area contributed by atoms with Crippen molar-refractivity contribution in [1.29, 1.82) is 0 Å². The molecule has 25 heavy (non-hydrogen) atoms. The number of methoxy groups -OCH3 is 1. The van der Waals surface area contributed by atoms with Gasteiger partial charge in [-0.1, -0.05) is 0 Å². The predicted octanol–water partition coefficient (Wildman–Crippen LogP) is 3.36. The fourth-order valence-corrected chi connectivity index (χ4v) is 4.00. The maximum absolute atomic E-state index is 12.3. The molecule has 2 rings (SSSR count). The zero-order valence-electron chi connectivity index (χ0n) is 13.7. The van der Waals surface area contributed by atoms with E-state index in [1.165, 1.54) is 11.3 Å². The van der Waals surface area contributed by atoms with Crippen LogP contribution in [0.4, 0.5) is 5.00 Å². The van der Waals surface area contributed by atoms with Gasteiger partial charge in [0.05, 0.1) is 17.1 Å². The molecule has 0 fully saturated rings. The Balaban J connectivity index is 2.13. The van der Waals surface area contributed by atoms with Crippen molar-refractivity contribution in [3.05, 3.63) is 44.2 Å². The second-order valence-corrected chi connectivity index (χ2v) is 7.60. The summed E-state index contributed by atoms with van der Waals surface area (Å²) in [5.41, 5.74) is 7.01. The smallest absolute Gasteiger partial charge is 0.257 e. The van der Waals surface area contributed by atoms with E-state index in [-0.39, 0.29) is 11.0 Å². The first kappa shape index (κ1) is 19.4. The molecule has 9 heteroatoms. The van der Waals surface area contributed by atoms with Crippen LogP contribution >= 0.6 is 39.5 Å². The van der Waals surface area contributed by atoms with Crippen molar-refractivity contribution in [3.63, 3.8) is 0 Å². The molecule has 1 aromatic heterocycles. The summed E-state index contributed by atoms with van der Waals surface area (Å²) in [7, 11) is 1.54. The Morgan fingerprint density at radius 1 is 1.32 bits per heavy atom. The van der Waals surface area contributed by atoms with Crippen LogP contribution in [0, 0.1) is 13.8 Å². The summed E-state index contributed by atoms with van der Waals surface area (Å²) in [4.78, 5) is 24.9. The van der Waals surface area contributed by atoms with Gasteiger partial charge in [0.15, 0.2) is 5.11 Å². The molecule has 6 nitrogen and oxygen atoms in total. The number of hydrogen-bond acceptors (Lipinski definition) is 5. The highest BCUT2D eigenvalue weighted by Crippen LogP contribution is 2.32. The molecule has 1 aromatic carbocycles. The highest BCUT2D eigenvalue weighted by Gasteiger charge is 2.19. The third kappa shape index (κ3) is 4.36. The van der Waals surface area contributed by atoms with E-state index in [4.69, 9.17) is 22.7 Å². The average Bonchev–Trinajstić information content (AvgIpc) is 2.81. The first-order chi connectivity index (χ1) is 11.7. The minimum atomic E-state index is -0.544. The Morgan fingerprint density at radius 3 is 2.56 bits per heavy atom. The molecule has 0 saturated carbocycles. The van der Waals surface area contributed by atoms with Gasteiger partial charge in [-0.2, -0.15) is 0 Å². The summed E-state index contributed by atoms with van der Waals surface area (Å²) >= 11 is 9.85. The van der Waals surface area contributed by atoms with Crippen molar-refractivity contribution in [2.24, 2.45) is 5.73 Å². The van der Waals surface area contributed by atoms with E-state index in [1.54, 1.807) is 25.3 Å². The lowest BCUT2D eigenvalue weighted by Crippen LogP contribution is -2.34. The van der Waals surface area contributed by atoms with Gasteiger partial charge in [-0.25, -0.2) is 0 Å². The van der Waals surface area contributed by atoms with E-state index < -0.39 is 5.91 Å². The number of carbonyl (C=O) groups excluding carboxylic acids is 2. The molecular formula is C16H16BrN3O3S2. The van der Waals surface area contributed by atoms with Crippen LogP contribution in [0.3, 0.4) is 0 Å². The van der Waals surface area contributed by atoms with Gasteiger partial charge in [0.1, 0.15) is 10.8 Å². The summed E-state index contributed by atoms with van der Waals surface area (Å²) in [5, 5.41) is 6.05. The quantitative estimate of drug-likeness (QED) is 0.632.